The second kappa shape index (κ2) is 14.7. The average Bonchev–Trinajstić information content (AvgIpc) is 3.17. The third-order valence-corrected chi connectivity index (χ3v) is 7.69. The highest BCUT2D eigenvalue weighted by atomic mass is 15.2. The standard InChI is InChI=1S/C39H33N9/c1-7-19-40-34(13-1)46(35-14-2-8-20-41-35)28-31-25-32(29-47(36-15-3-9-21-42-36)37-16-4-10-22-43-37)27-33(26-31)30-48(38-17-5-11-23-44-38)39-18-6-12-24-45-39/h1-27H,28-30H2. The maximum Gasteiger partial charge on any atom is 0.134 e. The van der Waals surface area contributed by atoms with Crippen LogP contribution in [0.5, 0.6) is 0 Å². The minimum Gasteiger partial charge on any atom is -0.307 e. The summed E-state index contributed by atoms with van der Waals surface area (Å²) in [7, 11) is 0. The Bertz CT molecular complexity index is 1630. The summed E-state index contributed by atoms with van der Waals surface area (Å²) >= 11 is 0. The summed E-state index contributed by atoms with van der Waals surface area (Å²) in [6.07, 6.45) is 10.8. The van der Waals surface area contributed by atoms with E-state index >= 15 is 0 Å². The first-order chi connectivity index (χ1) is 23.8. The Morgan fingerprint density at radius 1 is 0.292 bits per heavy atom. The number of benzene rings is 1. The van der Waals surface area contributed by atoms with Crippen molar-refractivity contribution in [3.63, 3.8) is 0 Å². The molecule has 6 aromatic heterocycles. The minimum absolute atomic E-state index is 0.551. The van der Waals surface area contributed by atoms with Gasteiger partial charge in [0, 0.05) is 37.2 Å². The molecule has 1 aromatic carbocycles. The lowest BCUT2D eigenvalue weighted by atomic mass is 10.0. The minimum atomic E-state index is 0.551. The highest BCUT2D eigenvalue weighted by molar-refractivity contribution is 5.59. The fourth-order valence-electron chi connectivity index (χ4n) is 5.58. The lowest BCUT2D eigenvalue weighted by Crippen LogP contribution is -2.22. The molecule has 0 amide bonds. The fourth-order valence-corrected chi connectivity index (χ4v) is 5.58. The Labute approximate surface area is 279 Å². The topological polar surface area (TPSA) is 87.1 Å². The van der Waals surface area contributed by atoms with E-state index in [1.54, 1.807) is 0 Å². The molecule has 234 valence electrons. The molecule has 7 rings (SSSR count). The van der Waals surface area contributed by atoms with Crippen molar-refractivity contribution in [2.24, 2.45) is 0 Å². The summed E-state index contributed by atoms with van der Waals surface area (Å²) < 4.78 is 0. The van der Waals surface area contributed by atoms with E-state index < -0.39 is 0 Å². The number of anilines is 6. The molecule has 9 heteroatoms. The van der Waals surface area contributed by atoms with Crippen LogP contribution in [0.1, 0.15) is 16.7 Å². The molecule has 0 aliphatic rings. The Morgan fingerprint density at radius 3 is 0.667 bits per heavy atom. The van der Waals surface area contributed by atoms with Crippen LogP contribution in [0, 0.1) is 0 Å². The molecule has 9 nitrogen and oxygen atoms in total. The van der Waals surface area contributed by atoms with E-state index in [-0.39, 0.29) is 0 Å². The summed E-state index contributed by atoms with van der Waals surface area (Å²) in [6.45, 7) is 1.65. The zero-order valence-electron chi connectivity index (χ0n) is 26.2. The van der Waals surface area contributed by atoms with E-state index in [2.05, 4.69) is 62.8 Å². The zero-order chi connectivity index (χ0) is 32.4. The fraction of sp³-hybridized carbons (Fsp3) is 0.0769. The molecule has 0 saturated carbocycles. The monoisotopic (exact) mass is 627 g/mol. The van der Waals surface area contributed by atoms with Gasteiger partial charge in [0.05, 0.1) is 19.6 Å². The molecule has 7 aromatic rings. The Balaban J connectivity index is 1.32. The lowest BCUT2D eigenvalue weighted by molar-refractivity contribution is 0.878. The SMILES string of the molecule is c1ccc(N(Cc2cc(CN(c3ccccn3)c3ccccn3)cc(CN(c3ccccn3)c3ccccn3)c2)c2ccccn2)nc1. The van der Waals surface area contributed by atoms with Crippen LogP contribution in [-0.4, -0.2) is 29.9 Å². The highest BCUT2D eigenvalue weighted by Crippen LogP contribution is 2.30. The van der Waals surface area contributed by atoms with Crippen molar-refractivity contribution in [2.45, 2.75) is 19.6 Å². The number of pyridine rings is 6. The molecule has 0 aliphatic heterocycles. The third-order valence-electron chi connectivity index (χ3n) is 7.69. The molecule has 48 heavy (non-hydrogen) atoms. The molecule has 0 spiro atoms. The molecule has 6 heterocycles. The first kappa shape index (κ1) is 30.2. The number of rotatable bonds is 12. The number of nitrogens with zero attached hydrogens (tertiary/aromatic N) is 9. The maximum atomic E-state index is 4.69. The summed E-state index contributed by atoms with van der Waals surface area (Å²) in [6, 6.07) is 42.3. The Morgan fingerprint density at radius 2 is 0.500 bits per heavy atom. The van der Waals surface area contributed by atoms with Crippen LogP contribution in [0.4, 0.5) is 34.9 Å². The van der Waals surface area contributed by atoms with Gasteiger partial charge < -0.3 is 14.7 Å². The van der Waals surface area contributed by atoms with Crippen molar-refractivity contribution in [1.29, 1.82) is 0 Å². The van der Waals surface area contributed by atoms with E-state index in [1.165, 1.54) is 0 Å². The van der Waals surface area contributed by atoms with Gasteiger partial charge in [-0.3, -0.25) is 0 Å². The van der Waals surface area contributed by atoms with Gasteiger partial charge in [0.1, 0.15) is 34.9 Å². The van der Waals surface area contributed by atoms with E-state index in [1.807, 2.05) is 146 Å². The van der Waals surface area contributed by atoms with Crippen molar-refractivity contribution >= 4 is 34.9 Å². The molecule has 0 fully saturated rings. The summed E-state index contributed by atoms with van der Waals surface area (Å²) in [5.41, 5.74) is 3.30. The first-order valence-corrected chi connectivity index (χ1v) is 15.7. The second-order valence-corrected chi connectivity index (χ2v) is 11.0. The molecule has 0 atom stereocenters. The van der Waals surface area contributed by atoms with Gasteiger partial charge in [-0.2, -0.15) is 0 Å². The van der Waals surface area contributed by atoms with Gasteiger partial charge in [0.2, 0.25) is 0 Å². The molecular weight excluding hydrogens is 594 g/mol. The number of aromatic nitrogens is 6. The van der Waals surface area contributed by atoms with Crippen LogP contribution in [0.15, 0.2) is 165 Å². The molecule has 0 N–H and O–H groups in total. The summed E-state index contributed by atoms with van der Waals surface area (Å²) in [4.78, 5) is 34.5. The number of hydrogen-bond donors (Lipinski definition) is 0. The molecule has 0 aliphatic carbocycles. The van der Waals surface area contributed by atoms with Crippen molar-refractivity contribution < 1.29 is 0 Å². The van der Waals surface area contributed by atoms with Crippen LogP contribution in [-0.2, 0) is 19.6 Å². The Kier molecular flexibility index (Phi) is 9.27. The van der Waals surface area contributed by atoms with Gasteiger partial charge in [0.25, 0.3) is 0 Å². The van der Waals surface area contributed by atoms with Crippen molar-refractivity contribution in [3.8, 4) is 0 Å². The van der Waals surface area contributed by atoms with E-state index in [4.69, 9.17) is 0 Å². The van der Waals surface area contributed by atoms with Crippen LogP contribution in [0.2, 0.25) is 0 Å². The van der Waals surface area contributed by atoms with E-state index in [0.717, 1.165) is 51.6 Å². The van der Waals surface area contributed by atoms with Gasteiger partial charge in [-0.1, -0.05) is 54.6 Å². The van der Waals surface area contributed by atoms with Gasteiger partial charge in [-0.15, -0.1) is 0 Å². The zero-order valence-corrected chi connectivity index (χ0v) is 26.2. The van der Waals surface area contributed by atoms with E-state index in [9.17, 15) is 0 Å². The average molecular weight is 628 g/mol. The molecule has 0 radical (unpaired) electrons. The highest BCUT2D eigenvalue weighted by Gasteiger charge is 2.19. The van der Waals surface area contributed by atoms with Gasteiger partial charge in [0.15, 0.2) is 0 Å². The van der Waals surface area contributed by atoms with Gasteiger partial charge in [-0.05, 0) is 89.5 Å². The predicted molar refractivity (Wildman–Crippen MR) is 189 cm³/mol. The molecule has 0 bridgehead atoms. The predicted octanol–water partition coefficient (Wildman–Crippen LogP) is 8.07. The largest absolute Gasteiger partial charge is 0.307 e. The smallest absolute Gasteiger partial charge is 0.134 e. The van der Waals surface area contributed by atoms with Crippen molar-refractivity contribution in [2.75, 3.05) is 14.7 Å². The third kappa shape index (κ3) is 7.32. The normalized spacial score (nSPS) is 10.8. The van der Waals surface area contributed by atoms with Crippen LogP contribution < -0.4 is 14.7 Å². The number of hydrogen-bond acceptors (Lipinski definition) is 9. The molecular formula is C39H33N9. The van der Waals surface area contributed by atoms with Crippen molar-refractivity contribution in [1.82, 2.24) is 29.9 Å². The molecule has 0 saturated heterocycles. The summed E-state index contributed by atoms with van der Waals surface area (Å²) in [5, 5.41) is 0. The van der Waals surface area contributed by atoms with Crippen molar-refractivity contribution in [3.05, 3.63) is 181 Å². The van der Waals surface area contributed by atoms with Crippen LogP contribution in [0.3, 0.4) is 0 Å². The lowest BCUT2D eigenvalue weighted by Gasteiger charge is -2.27. The van der Waals surface area contributed by atoms with E-state index in [0.29, 0.717) is 19.6 Å². The molecule has 0 unspecified atom stereocenters. The Hall–Kier alpha value is -6.48. The van der Waals surface area contributed by atoms with Crippen LogP contribution in [0.25, 0.3) is 0 Å². The van der Waals surface area contributed by atoms with Crippen LogP contribution >= 0.6 is 0 Å². The first-order valence-electron chi connectivity index (χ1n) is 15.7. The second-order valence-electron chi connectivity index (χ2n) is 11.0. The maximum absolute atomic E-state index is 4.69. The summed E-state index contributed by atoms with van der Waals surface area (Å²) in [5.74, 6) is 4.89. The van der Waals surface area contributed by atoms with Gasteiger partial charge in [-0.25, -0.2) is 29.9 Å². The quantitative estimate of drug-likeness (QED) is 0.133. The van der Waals surface area contributed by atoms with Gasteiger partial charge >= 0.3 is 0 Å².